The first kappa shape index (κ1) is 10.7. The molecule has 1 aliphatic rings. The largest absolute Gasteiger partial charge is 0.381 e. The van der Waals surface area contributed by atoms with E-state index in [1.807, 2.05) is 6.08 Å². The molecule has 0 radical (unpaired) electrons. The highest BCUT2D eigenvalue weighted by atomic mass is 16.5. The van der Waals surface area contributed by atoms with E-state index in [9.17, 15) is 0 Å². The van der Waals surface area contributed by atoms with Crippen LogP contribution < -0.4 is 5.32 Å². The predicted octanol–water partition coefficient (Wildman–Crippen LogP) is 1.97. The van der Waals surface area contributed by atoms with E-state index in [0.717, 1.165) is 32.1 Å². The van der Waals surface area contributed by atoms with E-state index in [1.54, 1.807) is 0 Å². The third-order valence-corrected chi connectivity index (χ3v) is 2.72. The first-order valence-electron chi connectivity index (χ1n) is 5.26. The lowest BCUT2D eigenvalue weighted by Crippen LogP contribution is -2.34. The van der Waals surface area contributed by atoms with Crippen molar-refractivity contribution < 1.29 is 4.74 Å². The zero-order valence-corrected chi connectivity index (χ0v) is 8.59. The monoisotopic (exact) mass is 183 g/mol. The molecule has 0 amide bonds. The van der Waals surface area contributed by atoms with E-state index >= 15 is 0 Å². The van der Waals surface area contributed by atoms with E-state index in [4.69, 9.17) is 4.74 Å². The highest BCUT2D eigenvalue weighted by molar-refractivity contribution is 4.76. The summed E-state index contributed by atoms with van der Waals surface area (Å²) in [5, 5.41) is 3.53. The van der Waals surface area contributed by atoms with E-state index in [-0.39, 0.29) is 0 Å². The average molecular weight is 183 g/mol. The molecule has 0 aliphatic carbocycles. The molecule has 1 aliphatic heterocycles. The summed E-state index contributed by atoms with van der Waals surface area (Å²) in [5.74, 6) is 0.726. The third-order valence-electron chi connectivity index (χ3n) is 2.72. The van der Waals surface area contributed by atoms with Crippen molar-refractivity contribution in [2.24, 2.45) is 5.92 Å². The first-order valence-corrected chi connectivity index (χ1v) is 5.26. The molecule has 2 atom stereocenters. The fraction of sp³-hybridized carbons (Fsp3) is 0.818. The lowest BCUT2D eigenvalue weighted by Gasteiger charge is -2.18. The van der Waals surface area contributed by atoms with Crippen molar-refractivity contribution in [2.45, 2.75) is 32.2 Å². The Morgan fingerprint density at radius 2 is 2.54 bits per heavy atom. The third kappa shape index (κ3) is 3.92. The SMILES string of the molecule is C=CCCCNC(C)C1CCOC1. The Morgan fingerprint density at radius 1 is 1.69 bits per heavy atom. The Hall–Kier alpha value is -0.340. The highest BCUT2D eigenvalue weighted by Crippen LogP contribution is 2.16. The smallest absolute Gasteiger partial charge is 0.0509 e. The van der Waals surface area contributed by atoms with Gasteiger partial charge in [-0.05, 0) is 38.6 Å². The number of hydrogen-bond acceptors (Lipinski definition) is 2. The lowest BCUT2D eigenvalue weighted by molar-refractivity contribution is 0.178. The second-order valence-corrected chi connectivity index (χ2v) is 3.80. The van der Waals surface area contributed by atoms with Gasteiger partial charge in [-0.25, -0.2) is 0 Å². The normalized spacial score (nSPS) is 24.5. The van der Waals surface area contributed by atoms with Gasteiger partial charge in [0.1, 0.15) is 0 Å². The summed E-state index contributed by atoms with van der Waals surface area (Å²) < 4.78 is 5.35. The number of nitrogens with one attached hydrogen (secondary N) is 1. The van der Waals surface area contributed by atoms with Gasteiger partial charge in [-0.15, -0.1) is 6.58 Å². The van der Waals surface area contributed by atoms with Crippen molar-refractivity contribution in [3.05, 3.63) is 12.7 Å². The molecule has 2 unspecified atom stereocenters. The molecule has 0 spiro atoms. The van der Waals surface area contributed by atoms with Crippen LogP contribution in [0.25, 0.3) is 0 Å². The molecular formula is C11H21NO. The van der Waals surface area contributed by atoms with Crippen LogP contribution in [0, 0.1) is 5.92 Å². The molecule has 2 nitrogen and oxygen atoms in total. The molecule has 0 saturated carbocycles. The summed E-state index contributed by atoms with van der Waals surface area (Å²) in [4.78, 5) is 0. The molecule has 1 saturated heterocycles. The van der Waals surface area contributed by atoms with Crippen molar-refractivity contribution >= 4 is 0 Å². The molecule has 13 heavy (non-hydrogen) atoms. The highest BCUT2D eigenvalue weighted by Gasteiger charge is 2.21. The van der Waals surface area contributed by atoms with Crippen molar-refractivity contribution in [1.29, 1.82) is 0 Å². The minimum absolute atomic E-state index is 0.604. The van der Waals surface area contributed by atoms with Crippen LogP contribution in [0.15, 0.2) is 12.7 Å². The van der Waals surface area contributed by atoms with Crippen LogP contribution >= 0.6 is 0 Å². The predicted molar refractivity (Wildman–Crippen MR) is 55.8 cm³/mol. The van der Waals surface area contributed by atoms with Crippen molar-refractivity contribution in [3.63, 3.8) is 0 Å². The molecule has 0 aromatic carbocycles. The number of unbranched alkanes of at least 4 members (excludes halogenated alkanes) is 1. The van der Waals surface area contributed by atoms with E-state index < -0.39 is 0 Å². The van der Waals surface area contributed by atoms with Gasteiger partial charge in [-0.1, -0.05) is 6.08 Å². The summed E-state index contributed by atoms with van der Waals surface area (Å²) in [7, 11) is 0. The quantitative estimate of drug-likeness (QED) is 0.502. The zero-order valence-electron chi connectivity index (χ0n) is 8.59. The number of rotatable bonds is 6. The summed E-state index contributed by atoms with van der Waals surface area (Å²) in [5.41, 5.74) is 0. The molecule has 2 heteroatoms. The van der Waals surface area contributed by atoms with Crippen LogP contribution in [0.5, 0.6) is 0 Å². The molecular weight excluding hydrogens is 162 g/mol. The van der Waals surface area contributed by atoms with Gasteiger partial charge in [0.25, 0.3) is 0 Å². The van der Waals surface area contributed by atoms with Crippen molar-refractivity contribution in [2.75, 3.05) is 19.8 Å². The molecule has 1 N–H and O–H groups in total. The maximum Gasteiger partial charge on any atom is 0.0509 e. The minimum Gasteiger partial charge on any atom is -0.381 e. The van der Waals surface area contributed by atoms with Crippen LogP contribution in [0.1, 0.15) is 26.2 Å². The maximum absolute atomic E-state index is 5.35. The van der Waals surface area contributed by atoms with E-state index in [0.29, 0.717) is 6.04 Å². The average Bonchev–Trinajstić information content (AvgIpc) is 2.65. The van der Waals surface area contributed by atoms with Gasteiger partial charge in [0.2, 0.25) is 0 Å². The van der Waals surface area contributed by atoms with Crippen LogP contribution in [0.4, 0.5) is 0 Å². The van der Waals surface area contributed by atoms with Crippen LogP contribution in [0.3, 0.4) is 0 Å². The van der Waals surface area contributed by atoms with Gasteiger partial charge >= 0.3 is 0 Å². The Morgan fingerprint density at radius 3 is 3.15 bits per heavy atom. The molecule has 76 valence electrons. The standard InChI is InChI=1S/C11H21NO/c1-3-4-5-7-12-10(2)11-6-8-13-9-11/h3,10-12H,1,4-9H2,2H3. The molecule has 1 rings (SSSR count). The Bertz CT molecular complexity index is 141. The Labute approximate surface area is 81.4 Å². The molecule has 0 aromatic heterocycles. The second kappa shape index (κ2) is 6.17. The van der Waals surface area contributed by atoms with Gasteiger partial charge in [0.15, 0.2) is 0 Å². The summed E-state index contributed by atoms with van der Waals surface area (Å²) in [6, 6.07) is 0.604. The van der Waals surface area contributed by atoms with Gasteiger partial charge < -0.3 is 10.1 Å². The molecule has 0 aromatic rings. The second-order valence-electron chi connectivity index (χ2n) is 3.80. The number of hydrogen-bond donors (Lipinski definition) is 1. The molecule has 1 heterocycles. The fourth-order valence-electron chi connectivity index (χ4n) is 1.69. The Balaban J connectivity index is 2.02. The van der Waals surface area contributed by atoms with Crippen LogP contribution in [-0.2, 0) is 4.74 Å². The first-order chi connectivity index (χ1) is 6.34. The summed E-state index contributed by atoms with van der Waals surface area (Å²) in [6.07, 6.45) is 5.50. The maximum atomic E-state index is 5.35. The Kier molecular flexibility index (Phi) is 5.09. The van der Waals surface area contributed by atoms with Gasteiger partial charge in [0.05, 0.1) is 6.61 Å². The lowest BCUT2D eigenvalue weighted by atomic mass is 10.0. The number of allylic oxidation sites excluding steroid dienone is 1. The molecule has 1 fully saturated rings. The molecule has 0 bridgehead atoms. The van der Waals surface area contributed by atoms with Crippen molar-refractivity contribution in [1.82, 2.24) is 5.32 Å². The van der Waals surface area contributed by atoms with Gasteiger partial charge in [-0.3, -0.25) is 0 Å². The van der Waals surface area contributed by atoms with Gasteiger partial charge in [-0.2, -0.15) is 0 Å². The summed E-state index contributed by atoms with van der Waals surface area (Å²) in [6.45, 7) is 8.95. The minimum atomic E-state index is 0.604. The topological polar surface area (TPSA) is 21.3 Å². The summed E-state index contributed by atoms with van der Waals surface area (Å²) >= 11 is 0. The van der Waals surface area contributed by atoms with Gasteiger partial charge in [0, 0.05) is 12.6 Å². The van der Waals surface area contributed by atoms with E-state index in [2.05, 4.69) is 18.8 Å². The van der Waals surface area contributed by atoms with Crippen molar-refractivity contribution in [3.8, 4) is 0 Å². The van der Waals surface area contributed by atoms with E-state index in [1.165, 1.54) is 12.8 Å². The number of ether oxygens (including phenoxy) is 1. The van der Waals surface area contributed by atoms with Crippen LogP contribution in [-0.4, -0.2) is 25.8 Å². The van der Waals surface area contributed by atoms with Crippen LogP contribution in [0.2, 0.25) is 0 Å². The zero-order chi connectivity index (χ0) is 9.52. The fourth-order valence-corrected chi connectivity index (χ4v) is 1.69.